The van der Waals surface area contributed by atoms with Gasteiger partial charge in [0.25, 0.3) is 0 Å². The van der Waals surface area contributed by atoms with Crippen molar-refractivity contribution < 1.29 is 14.6 Å². The molecule has 0 fully saturated rings. The maximum atomic E-state index is 10.9. The summed E-state index contributed by atoms with van der Waals surface area (Å²) in [7, 11) is 1.60. The van der Waals surface area contributed by atoms with Crippen LogP contribution in [-0.4, -0.2) is 22.2 Å². The Balaban J connectivity index is 1.71. The Bertz CT molecular complexity index is 1330. The minimum Gasteiger partial charge on any atom is -0.507 e. The zero-order valence-electron chi connectivity index (χ0n) is 18.0. The Hall–Kier alpha value is -3.48. The van der Waals surface area contributed by atoms with Crippen molar-refractivity contribution in [2.24, 2.45) is 0 Å². The lowest BCUT2D eigenvalue weighted by atomic mass is 9.96. The molecule has 8 heteroatoms. The molecule has 0 aliphatic carbocycles. The molecule has 3 N–H and O–H groups in total. The molecule has 3 aromatic carbocycles. The molecule has 0 unspecified atom stereocenters. The van der Waals surface area contributed by atoms with Crippen LogP contribution in [0.5, 0.6) is 17.2 Å². The van der Waals surface area contributed by atoms with Crippen LogP contribution >= 0.6 is 23.2 Å². The van der Waals surface area contributed by atoms with Gasteiger partial charge < -0.3 is 20.3 Å². The van der Waals surface area contributed by atoms with Crippen molar-refractivity contribution in [1.29, 1.82) is 0 Å². The molecule has 0 saturated heterocycles. The minimum atomic E-state index is -0.0108. The second-order valence-corrected chi connectivity index (χ2v) is 8.14. The molecule has 4 rings (SSSR count). The lowest BCUT2D eigenvalue weighted by Gasteiger charge is -2.16. The number of phenolic OH excluding ortho intramolecular Hbond substituents is 1. The Morgan fingerprint density at radius 1 is 0.970 bits per heavy atom. The molecular formula is C25H21Cl2N3O3. The summed E-state index contributed by atoms with van der Waals surface area (Å²) in [6, 6.07) is 17.7. The molecule has 168 valence electrons. The second kappa shape index (κ2) is 9.57. The highest BCUT2D eigenvalue weighted by molar-refractivity contribution is 6.35. The summed E-state index contributed by atoms with van der Waals surface area (Å²) in [6.45, 7) is 2.06. The number of hydrogen-bond acceptors (Lipinski definition) is 6. The minimum absolute atomic E-state index is 0.0108. The number of aromatic hydroxyl groups is 1. The van der Waals surface area contributed by atoms with Crippen molar-refractivity contribution in [3.05, 3.63) is 82.0 Å². The molecule has 0 spiro atoms. The highest BCUT2D eigenvalue weighted by Crippen LogP contribution is 2.41. The monoisotopic (exact) mass is 481 g/mol. The SMILES string of the molecule is COc1ccccc1-c1c(C)nc(N)nc1-c1ccc(OCc2ccc(Cl)cc2Cl)cc1O. The first-order valence-corrected chi connectivity index (χ1v) is 10.8. The maximum absolute atomic E-state index is 10.9. The average molecular weight is 482 g/mol. The Kier molecular flexibility index (Phi) is 6.58. The molecule has 0 aliphatic heterocycles. The predicted octanol–water partition coefficient (Wildman–Crippen LogP) is 6.30. The van der Waals surface area contributed by atoms with Gasteiger partial charge in [-0.25, -0.2) is 9.97 Å². The van der Waals surface area contributed by atoms with Gasteiger partial charge in [-0.15, -0.1) is 0 Å². The van der Waals surface area contributed by atoms with Gasteiger partial charge in [-0.2, -0.15) is 0 Å². The van der Waals surface area contributed by atoms with E-state index in [9.17, 15) is 5.11 Å². The van der Waals surface area contributed by atoms with E-state index in [4.69, 9.17) is 38.4 Å². The first-order valence-electron chi connectivity index (χ1n) is 10.0. The molecule has 1 heterocycles. The van der Waals surface area contributed by atoms with Crippen LogP contribution in [-0.2, 0) is 6.61 Å². The lowest BCUT2D eigenvalue weighted by Crippen LogP contribution is -2.03. The smallest absolute Gasteiger partial charge is 0.220 e. The molecule has 0 aliphatic rings. The molecule has 0 saturated carbocycles. The van der Waals surface area contributed by atoms with Gasteiger partial charge in [-0.3, -0.25) is 0 Å². The maximum Gasteiger partial charge on any atom is 0.220 e. The van der Waals surface area contributed by atoms with Gasteiger partial charge in [0.2, 0.25) is 5.95 Å². The molecule has 1 aromatic heterocycles. The van der Waals surface area contributed by atoms with Crippen LogP contribution in [0, 0.1) is 6.92 Å². The van der Waals surface area contributed by atoms with Crippen LogP contribution in [0.3, 0.4) is 0 Å². The fourth-order valence-corrected chi connectivity index (χ4v) is 4.03. The average Bonchev–Trinajstić information content (AvgIpc) is 2.78. The summed E-state index contributed by atoms with van der Waals surface area (Å²) >= 11 is 12.2. The number of anilines is 1. The third-order valence-corrected chi connectivity index (χ3v) is 5.70. The van der Waals surface area contributed by atoms with Crippen molar-refractivity contribution in [1.82, 2.24) is 9.97 Å². The topological polar surface area (TPSA) is 90.5 Å². The molecule has 33 heavy (non-hydrogen) atoms. The number of nitrogens with two attached hydrogens (primary N) is 1. The van der Waals surface area contributed by atoms with Crippen molar-refractivity contribution in [3.8, 4) is 39.6 Å². The summed E-state index contributed by atoms with van der Waals surface area (Å²) in [4.78, 5) is 8.76. The van der Waals surface area contributed by atoms with Gasteiger partial charge in [0.05, 0.1) is 18.5 Å². The van der Waals surface area contributed by atoms with Gasteiger partial charge >= 0.3 is 0 Å². The number of phenols is 1. The number of para-hydroxylation sites is 1. The Labute approximate surface area is 201 Å². The van der Waals surface area contributed by atoms with Crippen molar-refractivity contribution in [2.45, 2.75) is 13.5 Å². The van der Waals surface area contributed by atoms with Crippen molar-refractivity contribution in [3.63, 3.8) is 0 Å². The Morgan fingerprint density at radius 3 is 2.48 bits per heavy atom. The zero-order valence-corrected chi connectivity index (χ0v) is 19.5. The van der Waals surface area contributed by atoms with Crippen molar-refractivity contribution >= 4 is 29.2 Å². The number of nitrogens with zero attached hydrogens (tertiary/aromatic N) is 2. The molecule has 0 radical (unpaired) electrons. The van der Waals surface area contributed by atoms with Gasteiger partial charge in [0, 0.05) is 38.4 Å². The highest BCUT2D eigenvalue weighted by Gasteiger charge is 2.20. The quantitative estimate of drug-likeness (QED) is 0.335. The van der Waals surface area contributed by atoms with Crippen LogP contribution in [0.2, 0.25) is 10.0 Å². The standard InChI is InChI=1S/C25H21Cl2N3O3/c1-14-23(19-5-3-4-6-22(19)32-2)24(30-25(28)29-14)18-10-9-17(12-21(18)31)33-13-15-7-8-16(26)11-20(15)27/h3-12,31H,13H2,1-2H3,(H2,28,29,30). The lowest BCUT2D eigenvalue weighted by molar-refractivity contribution is 0.304. The van der Waals surface area contributed by atoms with E-state index >= 15 is 0 Å². The number of ether oxygens (including phenoxy) is 2. The first kappa shape index (κ1) is 22.7. The van der Waals surface area contributed by atoms with E-state index in [0.29, 0.717) is 38.5 Å². The van der Waals surface area contributed by atoms with E-state index in [1.807, 2.05) is 31.2 Å². The van der Waals surface area contributed by atoms with Crippen LogP contribution in [0.4, 0.5) is 5.95 Å². The number of hydrogen-bond donors (Lipinski definition) is 2. The summed E-state index contributed by atoms with van der Waals surface area (Å²) in [6.07, 6.45) is 0. The summed E-state index contributed by atoms with van der Waals surface area (Å²) in [5.41, 5.74) is 9.90. The molecule has 4 aromatic rings. The summed E-state index contributed by atoms with van der Waals surface area (Å²) < 4.78 is 11.3. The molecule has 0 atom stereocenters. The van der Waals surface area contributed by atoms with E-state index in [0.717, 1.165) is 16.7 Å². The van der Waals surface area contributed by atoms with Crippen LogP contribution in [0.15, 0.2) is 60.7 Å². The summed E-state index contributed by atoms with van der Waals surface area (Å²) in [5, 5.41) is 11.9. The molecule has 0 bridgehead atoms. The molecule has 0 amide bonds. The van der Waals surface area contributed by atoms with Crippen LogP contribution < -0.4 is 15.2 Å². The van der Waals surface area contributed by atoms with Gasteiger partial charge in [0.15, 0.2) is 0 Å². The van der Waals surface area contributed by atoms with Crippen LogP contribution in [0.25, 0.3) is 22.4 Å². The fourth-order valence-electron chi connectivity index (χ4n) is 3.56. The largest absolute Gasteiger partial charge is 0.507 e. The van der Waals surface area contributed by atoms with E-state index in [1.165, 1.54) is 6.07 Å². The Morgan fingerprint density at radius 2 is 1.76 bits per heavy atom. The molecular weight excluding hydrogens is 461 g/mol. The van der Waals surface area contributed by atoms with Gasteiger partial charge in [0.1, 0.15) is 23.9 Å². The first-order chi connectivity index (χ1) is 15.9. The number of nitrogen functional groups attached to an aromatic ring is 1. The zero-order chi connectivity index (χ0) is 23.5. The van der Waals surface area contributed by atoms with Crippen molar-refractivity contribution in [2.75, 3.05) is 12.8 Å². The number of benzene rings is 3. The second-order valence-electron chi connectivity index (χ2n) is 7.29. The van der Waals surface area contributed by atoms with E-state index < -0.39 is 0 Å². The number of aromatic nitrogens is 2. The number of halogens is 2. The summed E-state index contributed by atoms with van der Waals surface area (Å²) in [5.74, 6) is 1.23. The van der Waals surface area contributed by atoms with Gasteiger partial charge in [-0.05, 0) is 37.3 Å². The third kappa shape index (κ3) is 4.82. The van der Waals surface area contributed by atoms with E-state index in [2.05, 4.69) is 9.97 Å². The third-order valence-electron chi connectivity index (χ3n) is 5.12. The number of methoxy groups -OCH3 is 1. The van der Waals surface area contributed by atoms with Crippen LogP contribution in [0.1, 0.15) is 11.3 Å². The van der Waals surface area contributed by atoms with E-state index in [1.54, 1.807) is 37.4 Å². The fraction of sp³-hybridized carbons (Fsp3) is 0.120. The predicted molar refractivity (Wildman–Crippen MR) is 131 cm³/mol. The van der Waals surface area contributed by atoms with Gasteiger partial charge in [-0.1, -0.05) is 47.5 Å². The number of rotatable bonds is 6. The number of aryl methyl sites for hydroxylation is 1. The molecule has 6 nitrogen and oxygen atoms in total. The normalized spacial score (nSPS) is 10.8. The van der Waals surface area contributed by atoms with E-state index in [-0.39, 0.29) is 18.3 Å². The highest BCUT2D eigenvalue weighted by atomic mass is 35.5.